The van der Waals surface area contributed by atoms with Gasteiger partial charge in [-0.1, -0.05) is 6.08 Å². The Morgan fingerprint density at radius 1 is 1.25 bits per heavy atom. The normalized spacial score (nSPS) is 15.8. The molecule has 1 aromatic rings. The summed E-state index contributed by atoms with van der Waals surface area (Å²) in [5.74, 6) is 0. The van der Waals surface area contributed by atoms with Crippen LogP contribution in [-0.4, -0.2) is 10.7 Å². The van der Waals surface area contributed by atoms with Gasteiger partial charge in [0.05, 0.1) is 5.70 Å². The molecular weight excluding hydrogens is 148 g/mol. The monoisotopic (exact) mass is 158 g/mol. The Balaban J connectivity index is 2.34. The highest BCUT2D eigenvalue weighted by atomic mass is 14.8. The van der Waals surface area contributed by atoms with Gasteiger partial charge in [0.1, 0.15) is 0 Å². The van der Waals surface area contributed by atoms with Gasteiger partial charge in [0.25, 0.3) is 0 Å². The molecule has 0 fully saturated rings. The topological polar surface area (TPSA) is 25.2 Å². The minimum atomic E-state index is 0.984. The van der Waals surface area contributed by atoms with Gasteiger partial charge in [-0.2, -0.15) is 0 Å². The smallest absolute Gasteiger partial charge is 0.0666 e. The maximum atomic E-state index is 4.41. The quantitative estimate of drug-likeness (QED) is 0.615. The van der Waals surface area contributed by atoms with E-state index in [1.807, 2.05) is 19.1 Å². The van der Waals surface area contributed by atoms with Crippen molar-refractivity contribution in [3.8, 4) is 0 Å². The first kappa shape index (κ1) is 7.22. The first-order valence-electron chi connectivity index (χ1n) is 4.01. The molecule has 0 saturated carbocycles. The molecule has 0 aliphatic carbocycles. The number of aromatic nitrogens is 1. The Bertz CT molecular complexity index is 336. The van der Waals surface area contributed by atoms with E-state index in [2.05, 4.69) is 16.1 Å². The third kappa shape index (κ3) is 1.28. The van der Waals surface area contributed by atoms with E-state index in [-0.39, 0.29) is 0 Å². The zero-order valence-electron chi connectivity index (χ0n) is 6.99. The van der Waals surface area contributed by atoms with E-state index in [4.69, 9.17) is 0 Å². The van der Waals surface area contributed by atoms with Crippen molar-refractivity contribution in [3.63, 3.8) is 0 Å². The van der Waals surface area contributed by atoms with Crippen LogP contribution in [0.4, 0.5) is 0 Å². The molecular formula is C10H10N2. The zero-order chi connectivity index (χ0) is 8.39. The summed E-state index contributed by atoms with van der Waals surface area (Å²) in [6.07, 6.45) is 6.71. The molecule has 0 amide bonds. The van der Waals surface area contributed by atoms with Crippen molar-refractivity contribution < 1.29 is 0 Å². The molecule has 1 aliphatic heterocycles. The lowest BCUT2D eigenvalue weighted by Crippen LogP contribution is -1.80. The van der Waals surface area contributed by atoms with Crippen molar-refractivity contribution in [1.29, 1.82) is 0 Å². The summed E-state index contributed by atoms with van der Waals surface area (Å²) in [6.45, 7) is 2.05. The molecule has 0 N–H and O–H groups in total. The molecule has 0 spiro atoms. The van der Waals surface area contributed by atoms with Crippen LogP contribution >= 0.6 is 0 Å². The summed E-state index contributed by atoms with van der Waals surface area (Å²) in [7, 11) is 0. The molecule has 1 aliphatic rings. The van der Waals surface area contributed by atoms with Crippen LogP contribution in [0.15, 0.2) is 35.6 Å². The lowest BCUT2D eigenvalue weighted by atomic mass is 10.2. The van der Waals surface area contributed by atoms with Crippen molar-refractivity contribution in [1.82, 2.24) is 4.98 Å². The highest BCUT2D eigenvalue weighted by Crippen LogP contribution is 2.20. The second-order valence-electron chi connectivity index (χ2n) is 2.88. The minimum Gasteiger partial charge on any atom is -0.265 e. The Morgan fingerprint density at radius 2 is 2.00 bits per heavy atom. The first-order chi connectivity index (χ1) is 5.86. The molecule has 0 radical (unpaired) electrons. The highest BCUT2D eigenvalue weighted by molar-refractivity contribution is 5.94. The van der Waals surface area contributed by atoms with Crippen molar-refractivity contribution >= 4 is 11.4 Å². The standard InChI is InChI=1S/C10H10N2/c1-8-2-3-10(12-8)9-4-6-11-7-5-9/h3-7H,2H2,1H3. The summed E-state index contributed by atoms with van der Waals surface area (Å²) in [6, 6.07) is 3.96. The second-order valence-corrected chi connectivity index (χ2v) is 2.88. The van der Waals surface area contributed by atoms with E-state index in [1.54, 1.807) is 12.4 Å². The second kappa shape index (κ2) is 2.89. The van der Waals surface area contributed by atoms with E-state index in [1.165, 1.54) is 5.71 Å². The molecule has 60 valence electrons. The molecule has 1 aromatic heterocycles. The summed E-state index contributed by atoms with van der Waals surface area (Å²) in [4.78, 5) is 8.37. The molecule has 0 atom stereocenters. The Morgan fingerprint density at radius 3 is 2.58 bits per heavy atom. The predicted molar refractivity (Wildman–Crippen MR) is 49.9 cm³/mol. The molecule has 12 heavy (non-hydrogen) atoms. The van der Waals surface area contributed by atoms with Gasteiger partial charge in [0.15, 0.2) is 0 Å². The van der Waals surface area contributed by atoms with Crippen LogP contribution in [0, 0.1) is 0 Å². The fourth-order valence-electron chi connectivity index (χ4n) is 1.25. The molecule has 0 unspecified atom stereocenters. The van der Waals surface area contributed by atoms with Crippen molar-refractivity contribution in [2.75, 3.05) is 0 Å². The van der Waals surface area contributed by atoms with Crippen LogP contribution in [0.1, 0.15) is 18.9 Å². The van der Waals surface area contributed by atoms with Crippen LogP contribution in [0.5, 0.6) is 0 Å². The van der Waals surface area contributed by atoms with Crippen molar-refractivity contribution in [2.24, 2.45) is 4.99 Å². The van der Waals surface area contributed by atoms with Gasteiger partial charge in [-0.25, -0.2) is 0 Å². The average molecular weight is 158 g/mol. The van der Waals surface area contributed by atoms with Crippen LogP contribution in [0.25, 0.3) is 5.70 Å². The number of pyridine rings is 1. The van der Waals surface area contributed by atoms with Crippen molar-refractivity contribution in [2.45, 2.75) is 13.3 Å². The number of rotatable bonds is 1. The number of nitrogens with zero attached hydrogens (tertiary/aromatic N) is 2. The van der Waals surface area contributed by atoms with Gasteiger partial charge in [-0.15, -0.1) is 0 Å². The molecule has 0 bridgehead atoms. The summed E-state index contributed by atoms with van der Waals surface area (Å²) < 4.78 is 0. The number of aliphatic imine (C=N–C) groups is 1. The van der Waals surface area contributed by atoms with E-state index in [0.717, 1.165) is 17.7 Å². The highest BCUT2D eigenvalue weighted by Gasteiger charge is 2.05. The van der Waals surface area contributed by atoms with Gasteiger partial charge in [-0.05, 0) is 19.1 Å². The van der Waals surface area contributed by atoms with Gasteiger partial charge in [0.2, 0.25) is 0 Å². The third-order valence-corrected chi connectivity index (χ3v) is 1.88. The van der Waals surface area contributed by atoms with Gasteiger partial charge >= 0.3 is 0 Å². The molecule has 2 heteroatoms. The lowest BCUT2D eigenvalue weighted by Gasteiger charge is -1.95. The zero-order valence-corrected chi connectivity index (χ0v) is 6.99. The molecule has 0 saturated heterocycles. The van der Waals surface area contributed by atoms with Crippen LogP contribution in [0.2, 0.25) is 0 Å². The fourth-order valence-corrected chi connectivity index (χ4v) is 1.25. The third-order valence-electron chi connectivity index (χ3n) is 1.88. The lowest BCUT2D eigenvalue weighted by molar-refractivity contribution is 1.31. The molecule has 2 nitrogen and oxygen atoms in total. The minimum absolute atomic E-state index is 0.984. The maximum absolute atomic E-state index is 4.41. The fraction of sp³-hybridized carbons (Fsp3) is 0.200. The summed E-state index contributed by atoms with van der Waals surface area (Å²) >= 11 is 0. The number of hydrogen-bond donors (Lipinski definition) is 0. The van der Waals surface area contributed by atoms with Gasteiger partial charge in [0, 0.05) is 30.1 Å². The van der Waals surface area contributed by atoms with Crippen LogP contribution in [0.3, 0.4) is 0 Å². The summed E-state index contributed by atoms with van der Waals surface area (Å²) in [5.41, 5.74) is 3.42. The maximum Gasteiger partial charge on any atom is 0.0666 e. The van der Waals surface area contributed by atoms with E-state index >= 15 is 0 Å². The average Bonchev–Trinajstić information content (AvgIpc) is 2.54. The van der Waals surface area contributed by atoms with E-state index in [0.29, 0.717) is 0 Å². The molecule has 2 rings (SSSR count). The van der Waals surface area contributed by atoms with Crippen LogP contribution < -0.4 is 0 Å². The Labute approximate surface area is 71.7 Å². The van der Waals surface area contributed by atoms with Crippen molar-refractivity contribution in [3.05, 3.63) is 36.2 Å². The Hall–Kier alpha value is -1.44. The largest absolute Gasteiger partial charge is 0.265 e. The van der Waals surface area contributed by atoms with Crippen LogP contribution in [-0.2, 0) is 0 Å². The van der Waals surface area contributed by atoms with E-state index in [9.17, 15) is 0 Å². The number of hydrogen-bond acceptors (Lipinski definition) is 2. The first-order valence-corrected chi connectivity index (χ1v) is 4.01. The van der Waals surface area contributed by atoms with E-state index < -0.39 is 0 Å². The predicted octanol–water partition coefficient (Wildman–Crippen LogP) is 2.29. The van der Waals surface area contributed by atoms with Gasteiger partial charge in [-0.3, -0.25) is 9.98 Å². The SMILES string of the molecule is CC1=NC(c2ccncc2)=CC1. The summed E-state index contributed by atoms with van der Waals surface area (Å²) in [5, 5.41) is 0. The van der Waals surface area contributed by atoms with Gasteiger partial charge < -0.3 is 0 Å². The molecule has 0 aromatic carbocycles. The molecule has 2 heterocycles. The Kier molecular flexibility index (Phi) is 1.74. The number of allylic oxidation sites excluding steroid dienone is 1.